The maximum absolute atomic E-state index is 14.4. The zero-order chi connectivity index (χ0) is 16.6. The molecule has 2 aliphatic heterocycles. The average Bonchev–Trinajstić information content (AvgIpc) is 3.17. The van der Waals surface area contributed by atoms with Crippen LogP contribution in [0.4, 0.5) is 4.39 Å². The molecular formula is C19H20ClFN2OS. The van der Waals surface area contributed by atoms with E-state index in [1.807, 2.05) is 23.1 Å². The van der Waals surface area contributed by atoms with E-state index in [4.69, 9.17) is 0 Å². The molecule has 132 valence electrons. The molecule has 0 aromatic heterocycles. The first-order chi connectivity index (χ1) is 11.7. The Kier molecular flexibility index (Phi) is 5.37. The first-order valence-corrected chi connectivity index (χ1v) is 9.07. The molecule has 2 heterocycles. The predicted octanol–water partition coefficient (Wildman–Crippen LogP) is 3.81. The summed E-state index contributed by atoms with van der Waals surface area (Å²) in [6, 6.07) is 16.7. The van der Waals surface area contributed by atoms with E-state index in [1.54, 1.807) is 30.0 Å². The van der Waals surface area contributed by atoms with Crippen molar-refractivity contribution in [3.05, 3.63) is 71.5 Å². The summed E-state index contributed by atoms with van der Waals surface area (Å²) < 4.78 is 14.4. The Morgan fingerprint density at radius 2 is 1.88 bits per heavy atom. The number of benzene rings is 2. The highest BCUT2D eigenvalue weighted by Crippen LogP contribution is 2.48. The molecule has 0 amide bonds. The summed E-state index contributed by atoms with van der Waals surface area (Å²) in [7, 11) is 0. The van der Waals surface area contributed by atoms with E-state index in [-0.39, 0.29) is 23.5 Å². The minimum absolute atomic E-state index is 0. The summed E-state index contributed by atoms with van der Waals surface area (Å²) in [5.41, 5.74) is 0.241. The number of halogens is 2. The van der Waals surface area contributed by atoms with E-state index in [2.05, 4.69) is 17.1 Å². The van der Waals surface area contributed by atoms with Gasteiger partial charge in [0.2, 0.25) is 0 Å². The molecule has 4 rings (SSSR count). The van der Waals surface area contributed by atoms with Gasteiger partial charge in [0.1, 0.15) is 5.82 Å². The molecule has 1 saturated heterocycles. The number of fused-ring (bicyclic) bond motifs is 1. The standard InChI is InChI=1S/C19H19FN2OS.ClH/c20-16-9-5-4-8-15(16)19(23)17(24-18-21-12-13-22(18)19)11-10-14-6-2-1-3-7-14;/h1-9,17,23H,10-13H2;1H. The molecule has 2 aromatic rings. The fraction of sp³-hybridized carbons (Fsp3) is 0.316. The quantitative estimate of drug-likeness (QED) is 0.878. The molecule has 0 saturated carbocycles. The Morgan fingerprint density at radius 3 is 2.64 bits per heavy atom. The molecule has 2 atom stereocenters. The van der Waals surface area contributed by atoms with Crippen molar-refractivity contribution in [2.75, 3.05) is 13.1 Å². The van der Waals surface area contributed by atoms with Crippen molar-refractivity contribution in [3.8, 4) is 0 Å². The highest BCUT2D eigenvalue weighted by atomic mass is 35.5. The highest BCUT2D eigenvalue weighted by molar-refractivity contribution is 8.14. The third-order valence-corrected chi connectivity index (χ3v) is 6.13. The van der Waals surface area contributed by atoms with Gasteiger partial charge in [0.25, 0.3) is 0 Å². The smallest absolute Gasteiger partial charge is 0.181 e. The zero-order valence-electron chi connectivity index (χ0n) is 13.6. The molecule has 0 radical (unpaired) electrons. The lowest BCUT2D eigenvalue weighted by molar-refractivity contribution is -0.0697. The second-order valence-electron chi connectivity index (χ2n) is 6.15. The number of nitrogens with zero attached hydrogens (tertiary/aromatic N) is 2. The summed E-state index contributed by atoms with van der Waals surface area (Å²) in [6.45, 7) is 1.29. The normalized spacial score (nSPS) is 24.6. The molecule has 3 nitrogen and oxygen atoms in total. The number of amidine groups is 1. The molecule has 2 unspecified atom stereocenters. The van der Waals surface area contributed by atoms with Crippen LogP contribution in [-0.4, -0.2) is 33.5 Å². The topological polar surface area (TPSA) is 35.8 Å². The number of hydrogen-bond acceptors (Lipinski definition) is 4. The average molecular weight is 379 g/mol. The van der Waals surface area contributed by atoms with Crippen LogP contribution in [-0.2, 0) is 12.1 Å². The number of thioether (sulfide) groups is 1. The second-order valence-corrected chi connectivity index (χ2v) is 7.32. The van der Waals surface area contributed by atoms with Crippen LogP contribution in [0.3, 0.4) is 0 Å². The van der Waals surface area contributed by atoms with E-state index in [0.29, 0.717) is 18.7 Å². The van der Waals surface area contributed by atoms with E-state index < -0.39 is 5.72 Å². The van der Waals surface area contributed by atoms with Crippen LogP contribution in [0.15, 0.2) is 59.6 Å². The number of hydrogen-bond donors (Lipinski definition) is 1. The van der Waals surface area contributed by atoms with Gasteiger partial charge in [0.15, 0.2) is 10.9 Å². The van der Waals surface area contributed by atoms with E-state index in [0.717, 1.165) is 18.0 Å². The van der Waals surface area contributed by atoms with Crippen LogP contribution in [0, 0.1) is 5.82 Å². The molecule has 0 aliphatic carbocycles. The molecule has 0 spiro atoms. The Balaban J connectivity index is 0.00000182. The number of aliphatic hydroxyl groups is 1. The summed E-state index contributed by atoms with van der Waals surface area (Å²) in [4.78, 5) is 6.34. The van der Waals surface area contributed by atoms with Gasteiger partial charge in [-0.1, -0.05) is 60.3 Å². The molecule has 2 aromatic carbocycles. The fourth-order valence-corrected chi connectivity index (χ4v) is 4.94. The first kappa shape index (κ1) is 18.2. The van der Waals surface area contributed by atoms with Crippen LogP contribution in [0.1, 0.15) is 17.5 Å². The summed E-state index contributed by atoms with van der Waals surface area (Å²) in [6.07, 6.45) is 1.60. The molecule has 1 N–H and O–H groups in total. The van der Waals surface area contributed by atoms with Crippen molar-refractivity contribution in [2.45, 2.75) is 23.8 Å². The van der Waals surface area contributed by atoms with Gasteiger partial charge >= 0.3 is 0 Å². The van der Waals surface area contributed by atoms with Crippen molar-refractivity contribution in [2.24, 2.45) is 4.99 Å². The largest absolute Gasteiger partial charge is 0.366 e. The first-order valence-electron chi connectivity index (χ1n) is 8.19. The molecule has 25 heavy (non-hydrogen) atoms. The maximum Gasteiger partial charge on any atom is 0.181 e. The third kappa shape index (κ3) is 3.16. The number of aryl methyl sites for hydroxylation is 1. The highest BCUT2D eigenvalue weighted by Gasteiger charge is 2.54. The summed E-state index contributed by atoms with van der Waals surface area (Å²) in [5.74, 6) is -0.363. The Labute approximate surface area is 157 Å². The maximum atomic E-state index is 14.4. The van der Waals surface area contributed by atoms with Crippen molar-refractivity contribution >= 4 is 29.3 Å². The van der Waals surface area contributed by atoms with Crippen LogP contribution in [0.5, 0.6) is 0 Å². The molecular weight excluding hydrogens is 359 g/mol. The van der Waals surface area contributed by atoms with Gasteiger partial charge in [-0.05, 0) is 24.5 Å². The van der Waals surface area contributed by atoms with Gasteiger partial charge in [-0.25, -0.2) is 4.39 Å². The lowest BCUT2D eigenvalue weighted by atomic mass is 9.93. The van der Waals surface area contributed by atoms with Gasteiger partial charge < -0.3 is 10.0 Å². The summed E-state index contributed by atoms with van der Waals surface area (Å²) >= 11 is 1.57. The molecule has 0 bridgehead atoms. The van der Waals surface area contributed by atoms with E-state index >= 15 is 0 Å². The van der Waals surface area contributed by atoms with E-state index in [9.17, 15) is 9.50 Å². The van der Waals surface area contributed by atoms with Crippen LogP contribution < -0.4 is 0 Å². The van der Waals surface area contributed by atoms with Crippen molar-refractivity contribution in [3.63, 3.8) is 0 Å². The lowest BCUT2D eigenvalue weighted by Crippen LogP contribution is -2.48. The SMILES string of the molecule is Cl.OC1(c2ccccc2F)C(CCc2ccccc2)SC2=NCCN21. The molecule has 2 aliphatic rings. The zero-order valence-corrected chi connectivity index (χ0v) is 15.3. The summed E-state index contributed by atoms with van der Waals surface area (Å²) in [5, 5.41) is 12.2. The van der Waals surface area contributed by atoms with Gasteiger partial charge in [0, 0.05) is 12.1 Å². The minimum atomic E-state index is -1.33. The molecule has 6 heteroatoms. The van der Waals surface area contributed by atoms with Crippen LogP contribution in [0.25, 0.3) is 0 Å². The Bertz CT molecular complexity index is 773. The van der Waals surface area contributed by atoms with Crippen molar-refractivity contribution < 1.29 is 9.50 Å². The van der Waals surface area contributed by atoms with E-state index in [1.165, 1.54) is 11.6 Å². The van der Waals surface area contributed by atoms with Crippen molar-refractivity contribution in [1.29, 1.82) is 0 Å². The Morgan fingerprint density at radius 1 is 1.16 bits per heavy atom. The Hall–Kier alpha value is -1.56. The third-order valence-electron chi connectivity index (χ3n) is 4.72. The van der Waals surface area contributed by atoms with Gasteiger partial charge in [-0.2, -0.15) is 0 Å². The molecule has 1 fully saturated rings. The van der Waals surface area contributed by atoms with Crippen molar-refractivity contribution in [1.82, 2.24) is 4.90 Å². The minimum Gasteiger partial charge on any atom is -0.366 e. The number of rotatable bonds is 4. The van der Waals surface area contributed by atoms with Gasteiger partial charge in [-0.15, -0.1) is 12.4 Å². The lowest BCUT2D eigenvalue weighted by Gasteiger charge is -2.36. The predicted molar refractivity (Wildman–Crippen MR) is 103 cm³/mol. The van der Waals surface area contributed by atoms with Crippen LogP contribution in [0.2, 0.25) is 0 Å². The monoisotopic (exact) mass is 378 g/mol. The second kappa shape index (κ2) is 7.36. The van der Waals surface area contributed by atoms with Gasteiger partial charge in [-0.3, -0.25) is 4.99 Å². The van der Waals surface area contributed by atoms with Gasteiger partial charge in [0.05, 0.1) is 11.8 Å². The van der Waals surface area contributed by atoms with Crippen LogP contribution >= 0.6 is 24.2 Å². The fourth-order valence-electron chi connectivity index (χ4n) is 3.51. The number of aliphatic imine (C=N–C) groups is 1.